The summed E-state index contributed by atoms with van der Waals surface area (Å²) in [5, 5.41) is 10.2. The fraction of sp³-hybridized carbons (Fsp3) is 0.385. The van der Waals surface area contributed by atoms with Gasteiger partial charge in [0.25, 0.3) is 0 Å². The molecule has 0 aliphatic rings. The number of hydrogen-bond donors (Lipinski definition) is 1. The number of ether oxygens (including phenoxy) is 1. The average molecular weight is 267 g/mol. The molecule has 18 heavy (non-hydrogen) atoms. The zero-order chi connectivity index (χ0) is 13.0. The van der Waals surface area contributed by atoms with Crippen LogP contribution in [0.25, 0.3) is 10.9 Å². The minimum Gasteiger partial charge on any atom is -0.477 e. The third kappa shape index (κ3) is 2.89. The smallest absolute Gasteiger partial charge is 0.224 e. The zero-order valence-corrected chi connectivity index (χ0v) is 10.9. The lowest BCUT2D eigenvalue weighted by Crippen LogP contribution is -2.04. The van der Waals surface area contributed by atoms with Gasteiger partial charge in [0.05, 0.1) is 17.5 Å². The molecule has 0 atom stereocenters. The van der Waals surface area contributed by atoms with Crippen LogP contribution in [-0.2, 0) is 6.42 Å². The summed E-state index contributed by atoms with van der Waals surface area (Å²) in [6, 6.07) is 5.44. The monoisotopic (exact) mass is 266 g/mol. The quantitative estimate of drug-likeness (QED) is 0.845. The Bertz CT molecular complexity index is 546. The molecule has 96 valence electrons. The topological polar surface area (TPSA) is 55.2 Å². The summed E-state index contributed by atoms with van der Waals surface area (Å²) < 4.78 is 5.59. The van der Waals surface area contributed by atoms with Crippen molar-refractivity contribution in [2.24, 2.45) is 0 Å². The van der Waals surface area contributed by atoms with Gasteiger partial charge >= 0.3 is 0 Å². The van der Waals surface area contributed by atoms with Gasteiger partial charge in [-0.25, -0.2) is 4.98 Å². The van der Waals surface area contributed by atoms with E-state index in [2.05, 4.69) is 9.97 Å². The van der Waals surface area contributed by atoms with Crippen molar-refractivity contribution in [3.05, 3.63) is 29.0 Å². The van der Waals surface area contributed by atoms with E-state index in [1.54, 1.807) is 12.1 Å². The predicted molar refractivity (Wildman–Crippen MR) is 71.1 cm³/mol. The highest BCUT2D eigenvalue weighted by molar-refractivity contribution is 6.31. The fourth-order valence-electron chi connectivity index (χ4n) is 1.62. The normalized spacial score (nSPS) is 10.8. The third-order valence-corrected chi connectivity index (χ3v) is 2.76. The number of nitrogens with zero attached hydrogens (tertiary/aromatic N) is 2. The first-order chi connectivity index (χ1) is 8.74. The van der Waals surface area contributed by atoms with Crippen molar-refractivity contribution in [1.82, 2.24) is 9.97 Å². The van der Waals surface area contributed by atoms with Crippen molar-refractivity contribution in [3.63, 3.8) is 0 Å². The largest absolute Gasteiger partial charge is 0.477 e. The molecular formula is C13H15ClN2O2. The van der Waals surface area contributed by atoms with Gasteiger partial charge in [0, 0.05) is 24.5 Å². The minimum absolute atomic E-state index is 0.107. The first kappa shape index (κ1) is 13.1. The van der Waals surface area contributed by atoms with Crippen molar-refractivity contribution >= 4 is 22.5 Å². The molecule has 0 aliphatic heterocycles. The molecule has 4 nitrogen and oxygen atoms in total. The minimum atomic E-state index is 0.107. The molecule has 0 spiro atoms. The maximum atomic E-state index is 8.76. The summed E-state index contributed by atoms with van der Waals surface area (Å²) in [5.74, 6) is 1.28. The molecule has 1 heterocycles. The van der Waals surface area contributed by atoms with Crippen LogP contribution in [0.5, 0.6) is 5.88 Å². The van der Waals surface area contributed by atoms with E-state index in [0.29, 0.717) is 23.9 Å². The lowest BCUT2D eigenvalue weighted by Gasteiger charge is -2.09. The lowest BCUT2D eigenvalue weighted by molar-refractivity contribution is 0.230. The van der Waals surface area contributed by atoms with Crippen molar-refractivity contribution in [1.29, 1.82) is 0 Å². The van der Waals surface area contributed by atoms with Gasteiger partial charge in [0.2, 0.25) is 5.88 Å². The number of aryl methyl sites for hydroxylation is 1. The van der Waals surface area contributed by atoms with Crippen LogP contribution >= 0.6 is 11.6 Å². The van der Waals surface area contributed by atoms with Gasteiger partial charge < -0.3 is 9.84 Å². The van der Waals surface area contributed by atoms with Crippen molar-refractivity contribution < 1.29 is 9.84 Å². The second-order valence-electron chi connectivity index (χ2n) is 3.89. The van der Waals surface area contributed by atoms with E-state index in [1.165, 1.54) is 0 Å². The summed E-state index contributed by atoms with van der Waals surface area (Å²) in [7, 11) is 0. The summed E-state index contributed by atoms with van der Waals surface area (Å²) >= 11 is 5.96. The number of aliphatic hydroxyl groups excluding tert-OH is 1. The number of aliphatic hydroxyl groups is 1. The summed E-state index contributed by atoms with van der Waals surface area (Å²) in [6.45, 7) is 2.53. The van der Waals surface area contributed by atoms with Crippen LogP contribution in [0, 0.1) is 0 Å². The molecule has 0 radical (unpaired) electrons. The molecule has 0 fully saturated rings. The van der Waals surface area contributed by atoms with Crippen molar-refractivity contribution in [2.75, 3.05) is 13.2 Å². The molecule has 0 unspecified atom stereocenters. The Morgan fingerprint density at radius 3 is 2.89 bits per heavy atom. The van der Waals surface area contributed by atoms with E-state index in [4.69, 9.17) is 21.4 Å². The van der Waals surface area contributed by atoms with E-state index in [1.807, 2.05) is 13.0 Å². The maximum Gasteiger partial charge on any atom is 0.224 e. The molecule has 0 aliphatic carbocycles. The Morgan fingerprint density at radius 1 is 1.33 bits per heavy atom. The van der Waals surface area contributed by atoms with Gasteiger partial charge in [0.15, 0.2) is 0 Å². The van der Waals surface area contributed by atoms with E-state index < -0.39 is 0 Å². The number of aromatic nitrogens is 2. The molecule has 1 aromatic heterocycles. The van der Waals surface area contributed by atoms with Gasteiger partial charge in [-0.2, -0.15) is 4.98 Å². The zero-order valence-electron chi connectivity index (χ0n) is 10.2. The average Bonchev–Trinajstić information content (AvgIpc) is 2.38. The van der Waals surface area contributed by atoms with E-state index in [-0.39, 0.29) is 6.61 Å². The van der Waals surface area contributed by atoms with Crippen molar-refractivity contribution in [3.8, 4) is 5.88 Å². The summed E-state index contributed by atoms with van der Waals surface area (Å²) in [6.07, 6.45) is 1.32. The van der Waals surface area contributed by atoms with Gasteiger partial charge in [-0.05, 0) is 18.2 Å². The number of halogens is 1. The van der Waals surface area contributed by atoms with E-state index in [9.17, 15) is 0 Å². The third-order valence-electron chi connectivity index (χ3n) is 2.53. The Kier molecular flexibility index (Phi) is 4.33. The maximum absolute atomic E-state index is 8.76. The molecule has 0 bridgehead atoms. The SMILES string of the molecule is CCc1nc(OCCCO)c2ccc(Cl)cc2n1. The molecule has 5 heteroatoms. The van der Waals surface area contributed by atoms with E-state index in [0.717, 1.165) is 23.1 Å². The first-order valence-corrected chi connectivity index (χ1v) is 6.32. The Balaban J connectivity index is 2.41. The Labute approximate surface area is 111 Å². The molecule has 1 aromatic carbocycles. The molecule has 0 saturated heterocycles. The molecule has 2 aromatic rings. The first-order valence-electron chi connectivity index (χ1n) is 5.94. The second-order valence-corrected chi connectivity index (χ2v) is 4.32. The fourth-order valence-corrected chi connectivity index (χ4v) is 1.79. The summed E-state index contributed by atoms with van der Waals surface area (Å²) in [5.41, 5.74) is 0.786. The van der Waals surface area contributed by atoms with E-state index >= 15 is 0 Å². The second kappa shape index (κ2) is 5.98. The van der Waals surface area contributed by atoms with Gasteiger partial charge in [-0.1, -0.05) is 18.5 Å². The number of rotatable bonds is 5. The van der Waals surface area contributed by atoms with Crippen molar-refractivity contribution in [2.45, 2.75) is 19.8 Å². The van der Waals surface area contributed by atoms with Gasteiger partial charge in [-0.3, -0.25) is 0 Å². The van der Waals surface area contributed by atoms with Crippen LogP contribution in [0.3, 0.4) is 0 Å². The standard InChI is InChI=1S/C13H15ClN2O2/c1-2-12-15-11-8-9(14)4-5-10(11)13(16-12)18-7-3-6-17/h4-5,8,17H,2-3,6-7H2,1H3. The Morgan fingerprint density at radius 2 is 2.17 bits per heavy atom. The number of benzene rings is 1. The predicted octanol–water partition coefficient (Wildman–Crippen LogP) is 2.61. The van der Waals surface area contributed by atoms with Crippen LogP contribution in [0.2, 0.25) is 5.02 Å². The highest BCUT2D eigenvalue weighted by atomic mass is 35.5. The number of fused-ring (bicyclic) bond motifs is 1. The lowest BCUT2D eigenvalue weighted by atomic mass is 10.2. The van der Waals surface area contributed by atoms with Crippen LogP contribution in [-0.4, -0.2) is 28.3 Å². The van der Waals surface area contributed by atoms with Crippen LogP contribution in [0.15, 0.2) is 18.2 Å². The molecule has 0 saturated carbocycles. The molecular weight excluding hydrogens is 252 g/mol. The van der Waals surface area contributed by atoms with Gasteiger partial charge in [-0.15, -0.1) is 0 Å². The van der Waals surface area contributed by atoms with Crippen LogP contribution in [0.4, 0.5) is 0 Å². The van der Waals surface area contributed by atoms with Crippen LogP contribution in [0.1, 0.15) is 19.2 Å². The summed E-state index contributed by atoms with van der Waals surface area (Å²) in [4.78, 5) is 8.78. The molecule has 1 N–H and O–H groups in total. The highest BCUT2D eigenvalue weighted by Crippen LogP contribution is 2.25. The Hall–Kier alpha value is -1.39. The highest BCUT2D eigenvalue weighted by Gasteiger charge is 2.08. The number of hydrogen-bond acceptors (Lipinski definition) is 4. The van der Waals surface area contributed by atoms with Gasteiger partial charge in [0.1, 0.15) is 5.82 Å². The molecule has 0 amide bonds. The van der Waals surface area contributed by atoms with Crippen LogP contribution < -0.4 is 4.74 Å². The molecule has 2 rings (SSSR count).